The standard InChI is InChI=1S/C9H19NO2.C9H18O2/c1-7(2)4-8(6-10)5-9(11)12-3;1-4-8(5-7(2)3)6-9(10)11/h7-8H,4-6,10H2,1-3H3;7-8H,4-6H2,1-3H3,(H,10,11)/t2*8-/m00/s1. The van der Waals surface area contributed by atoms with E-state index in [0.717, 1.165) is 19.3 Å². The molecule has 0 bridgehead atoms. The second-order valence-corrected chi connectivity index (χ2v) is 7.01. The van der Waals surface area contributed by atoms with Crippen molar-refractivity contribution in [2.24, 2.45) is 29.4 Å². The summed E-state index contributed by atoms with van der Waals surface area (Å²) in [6.07, 6.45) is 3.78. The van der Waals surface area contributed by atoms with E-state index in [-0.39, 0.29) is 11.9 Å². The summed E-state index contributed by atoms with van der Waals surface area (Å²) in [6, 6.07) is 0. The van der Waals surface area contributed by atoms with Gasteiger partial charge in [0.25, 0.3) is 0 Å². The van der Waals surface area contributed by atoms with Gasteiger partial charge >= 0.3 is 11.9 Å². The molecular weight excluding hydrogens is 294 g/mol. The molecule has 0 saturated carbocycles. The summed E-state index contributed by atoms with van der Waals surface area (Å²) in [5.74, 6) is 1.01. The van der Waals surface area contributed by atoms with Crippen LogP contribution in [0.2, 0.25) is 0 Å². The second kappa shape index (κ2) is 14.5. The summed E-state index contributed by atoms with van der Waals surface area (Å²) >= 11 is 0. The molecular formula is C18H37NO4. The number of carbonyl (C=O) groups excluding carboxylic acids is 1. The van der Waals surface area contributed by atoms with Crippen molar-refractivity contribution in [2.75, 3.05) is 13.7 Å². The Hall–Kier alpha value is -1.10. The lowest BCUT2D eigenvalue weighted by Gasteiger charge is -2.15. The first-order valence-electron chi connectivity index (χ1n) is 8.64. The molecule has 0 heterocycles. The Kier molecular flexibility index (Phi) is 15.2. The molecule has 2 atom stereocenters. The predicted octanol–water partition coefficient (Wildman–Crippen LogP) is 3.70. The van der Waals surface area contributed by atoms with Crippen molar-refractivity contribution in [1.82, 2.24) is 0 Å². The Bertz CT molecular complexity index is 316. The Labute approximate surface area is 142 Å². The van der Waals surface area contributed by atoms with Crippen molar-refractivity contribution in [2.45, 2.75) is 66.7 Å². The first-order chi connectivity index (χ1) is 10.7. The third-order valence-electron chi connectivity index (χ3n) is 3.67. The number of carboxylic acid groups (broad SMARTS) is 1. The molecule has 5 heteroatoms. The maximum atomic E-state index is 10.9. The quantitative estimate of drug-likeness (QED) is 0.596. The van der Waals surface area contributed by atoms with Gasteiger partial charge in [0.1, 0.15) is 0 Å². The normalized spacial score (nSPS) is 13.3. The molecule has 138 valence electrons. The van der Waals surface area contributed by atoms with E-state index in [1.165, 1.54) is 7.11 Å². The highest BCUT2D eigenvalue weighted by Gasteiger charge is 2.14. The molecule has 0 aliphatic carbocycles. The number of hydrogen-bond acceptors (Lipinski definition) is 4. The zero-order chi connectivity index (χ0) is 18.4. The van der Waals surface area contributed by atoms with Crippen LogP contribution in [0.4, 0.5) is 0 Å². The maximum absolute atomic E-state index is 10.9. The van der Waals surface area contributed by atoms with Crippen LogP contribution in [-0.4, -0.2) is 30.7 Å². The van der Waals surface area contributed by atoms with E-state index in [2.05, 4.69) is 39.4 Å². The van der Waals surface area contributed by atoms with Gasteiger partial charge in [-0.1, -0.05) is 41.0 Å². The van der Waals surface area contributed by atoms with E-state index < -0.39 is 5.97 Å². The van der Waals surface area contributed by atoms with Gasteiger partial charge in [-0.25, -0.2) is 0 Å². The lowest BCUT2D eigenvalue weighted by atomic mass is 9.92. The monoisotopic (exact) mass is 331 g/mol. The molecule has 0 aromatic heterocycles. The van der Waals surface area contributed by atoms with Gasteiger partial charge in [0.05, 0.1) is 7.11 Å². The van der Waals surface area contributed by atoms with Crippen LogP contribution in [-0.2, 0) is 14.3 Å². The third kappa shape index (κ3) is 17.1. The van der Waals surface area contributed by atoms with Gasteiger partial charge in [-0.2, -0.15) is 0 Å². The highest BCUT2D eigenvalue weighted by Crippen LogP contribution is 2.18. The van der Waals surface area contributed by atoms with Gasteiger partial charge in [-0.3, -0.25) is 9.59 Å². The van der Waals surface area contributed by atoms with E-state index in [0.29, 0.717) is 37.1 Å². The van der Waals surface area contributed by atoms with Crippen molar-refractivity contribution in [3.8, 4) is 0 Å². The molecule has 0 aromatic carbocycles. The number of rotatable bonds is 10. The molecule has 0 amide bonds. The predicted molar refractivity (Wildman–Crippen MR) is 94.1 cm³/mol. The SMILES string of the molecule is CC[C@H](CC(=O)O)CC(C)C.COC(=O)C[C@@H](CN)CC(C)C. The number of methoxy groups -OCH3 is 1. The molecule has 0 aromatic rings. The summed E-state index contributed by atoms with van der Waals surface area (Å²) in [4.78, 5) is 21.2. The molecule has 3 N–H and O–H groups in total. The van der Waals surface area contributed by atoms with E-state index in [4.69, 9.17) is 10.8 Å². The molecule has 0 aliphatic rings. The minimum atomic E-state index is -0.669. The Morgan fingerprint density at radius 2 is 1.48 bits per heavy atom. The van der Waals surface area contributed by atoms with Crippen molar-refractivity contribution >= 4 is 11.9 Å². The molecule has 0 aliphatic heterocycles. The van der Waals surface area contributed by atoms with Crippen molar-refractivity contribution < 1.29 is 19.4 Å². The first-order valence-corrected chi connectivity index (χ1v) is 8.64. The van der Waals surface area contributed by atoms with Crippen LogP contribution in [0.25, 0.3) is 0 Å². The van der Waals surface area contributed by atoms with Crippen LogP contribution < -0.4 is 5.73 Å². The van der Waals surface area contributed by atoms with Gasteiger partial charge in [0.2, 0.25) is 0 Å². The summed E-state index contributed by atoms with van der Waals surface area (Å²) < 4.78 is 4.57. The highest BCUT2D eigenvalue weighted by molar-refractivity contribution is 5.69. The fourth-order valence-corrected chi connectivity index (χ4v) is 2.56. The Morgan fingerprint density at radius 3 is 1.78 bits per heavy atom. The van der Waals surface area contributed by atoms with Crippen molar-refractivity contribution in [3.63, 3.8) is 0 Å². The van der Waals surface area contributed by atoms with E-state index in [9.17, 15) is 9.59 Å². The minimum Gasteiger partial charge on any atom is -0.481 e. The number of aliphatic carboxylic acids is 1. The zero-order valence-corrected chi connectivity index (χ0v) is 15.8. The third-order valence-corrected chi connectivity index (χ3v) is 3.67. The van der Waals surface area contributed by atoms with Crippen LogP contribution in [0.3, 0.4) is 0 Å². The molecule has 23 heavy (non-hydrogen) atoms. The van der Waals surface area contributed by atoms with Gasteiger partial charge < -0.3 is 15.6 Å². The average Bonchev–Trinajstić information content (AvgIpc) is 2.44. The molecule has 0 rings (SSSR count). The topological polar surface area (TPSA) is 89.6 Å². The molecule has 0 radical (unpaired) electrons. The lowest BCUT2D eigenvalue weighted by Crippen LogP contribution is -2.20. The van der Waals surface area contributed by atoms with Crippen LogP contribution in [0.5, 0.6) is 0 Å². The Balaban J connectivity index is 0. The number of esters is 1. The van der Waals surface area contributed by atoms with Gasteiger partial charge in [-0.05, 0) is 43.1 Å². The second-order valence-electron chi connectivity index (χ2n) is 7.01. The van der Waals surface area contributed by atoms with Gasteiger partial charge in [0.15, 0.2) is 0 Å². The van der Waals surface area contributed by atoms with Gasteiger partial charge in [0, 0.05) is 12.8 Å². The summed E-state index contributed by atoms with van der Waals surface area (Å²) in [5, 5.41) is 8.53. The molecule has 0 spiro atoms. The average molecular weight is 331 g/mol. The molecule has 0 fully saturated rings. The fourth-order valence-electron chi connectivity index (χ4n) is 2.56. The molecule has 0 saturated heterocycles. The van der Waals surface area contributed by atoms with Crippen LogP contribution in [0.15, 0.2) is 0 Å². The van der Waals surface area contributed by atoms with E-state index >= 15 is 0 Å². The van der Waals surface area contributed by atoms with Crippen LogP contribution in [0.1, 0.15) is 66.7 Å². The van der Waals surface area contributed by atoms with E-state index in [1.54, 1.807) is 0 Å². The fraction of sp³-hybridized carbons (Fsp3) is 0.889. The number of nitrogens with two attached hydrogens (primary N) is 1. The first kappa shape index (κ1) is 24.2. The summed E-state index contributed by atoms with van der Waals surface area (Å²) in [7, 11) is 1.41. The van der Waals surface area contributed by atoms with Crippen molar-refractivity contribution in [3.05, 3.63) is 0 Å². The zero-order valence-electron chi connectivity index (χ0n) is 15.8. The number of hydrogen-bond donors (Lipinski definition) is 2. The highest BCUT2D eigenvalue weighted by atomic mass is 16.5. The Morgan fingerprint density at radius 1 is 1.00 bits per heavy atom. The molecule has 5 nitrogen and oxygen atoms in total. The van der Waals surface area contributed by atoms with E-state index in [1.807, 2.05) is 0 Å². The smallest absolute Gasteiger partial charge is 0.305 e. The molecule has 0 unspecified atom stereocenters. The number of carboxylic acids is 1. The lowest BCUT2D eigenvalue weighted by molar-refractivity contribution is -0.142. The summed E-state index contributed by atoms with van der Waals surface area (Å²) in [5.41, 5.74) is 5.52. The maximum Gasteiger partial charge on any atom is 0.305 e. The van der Waals surface area contributed by atoms with Gasteiger partial charge in [-0.15, -0.1) is 0 Å². The number of carbonyl (C=O) groups is 2. The van der Waals surface area contributed by atoms with Crippen LogP contribution >= 0.6 is 0 Å². The van der Waals surface area contributed by atoms with Crippen molar-refractivity contribution in [1.29, 1.82) is 0 Å². The number of ether oxygens (including phenoxy) is 1. The largest absolute Gasteiger partial charge is 0.481 e. The van der Waals surface area contributed by atoms with Crippen LogP contribution in [0, 0.1) is 23.7 Å². The summed E-state index contributed by atoms with van der Waals surface area (Å²) in [6.45, 7) is 11.1. The minimum absolute atomic E-state index is 0.161.